The fourth-order valence-electron chi connectivity index (χ4n) is 1.46. The Morgan fingerprint density at radius 3 is 2.50 bits per heavy atom. The van der Waals surface area contributed by atoms with Crippen LogP contribution in [0.2, 0.25) is 0 Å². The van der Waals surface area contributed by atoms with E-state index < -0.39 is 11.7 Å². The van der Waals surface area contributed by atoms with E-state index in [1.807, 2.05) is 0 Å². The third kappa shape index (κ3) is 4.97. The van der Waals surface area contributed by atoms with Crippen molar-refractivity contribution in [2.45, 2.75) is 6.18 Å². The Bertz CT molecular complexity index is 341. The third-order valence-electron chi connectivity index (χ3n) is 2.57. The quantitative estimate of drug-likeness (QED) is 0.611. The number of hydrogen-bond acceptors (Lipinski definition) is 3. The molecule has 0 aliphatic carbocycles. The standard InChI is InChI=1S/C11H17F3N4/c1-9(11(12,13)14)7-17-10(15-2)8-18-5-3-16-4-6-18/h7,16H,1,3-6,8H2,2H3. The lowest BCUT2D eigenvalue weighted by Crippen LogP contribution is -2.45. The second-order valence-corrected chi connectivity index (χ2v) is 3.95. The van der Waals surface area contributed by atoms with Gasteiger partial charge in [-0.05, 0) is 0 Å². The maximum Gasteiger partial charge on any atom is 0.417 e. The third-order valence-corrected chi connectivity index (χ3v) is 2.57. The normalized spacial score (nSPS) is 19.4. The molecule has 1 rings (SSSR count). The summed E-state index contributed by atoms with van der Waals surface area (Å²) in [6.07, 6.45) is -3.71. The molecule has 1 fully saturated rings. The van der Waals surface area contributed by atoms with Crippen LogP contribution < -0.4 is 5.32 Å². The highest BCUT2D eigenvalue weighted by Crippen LogP contribution is 2.22. The van der Waals surface area contributed by atoms with Gasteiger partial charge in [0.05, 0.1) is 12.1 Å². The summed E-state index contributed by atoms with van der Waals surface area (Å²) in [5, 5.41) is 3.19. The fraction of sp³-hybridized carbons (Fsp3) is 0.636. The van der Waals surface area contributed by atoms with Gasteiger partial charge in [0.2, 0.25) is 0 Å². The minimum atomic E-state index is -4.43. The summed E-state index contributed by atoms with van der Waals surface area (Å²) in [6.45, 7) is 6.81. The molecular weight excluding hydrogens is 245 g/mol. The summed E-state index contributed by atoms with van der Waals surface area (Å²) in [5.41, 5.74) is -0.969. The number of aliphatic imine (C=N–C) groups is 2. The van der Waals surface area contributed by atoms with E-state index in [4.69, 9.17) is 0 Å². The van der Waals surface area contributed by atoms with Gasteiger partial charge in [0.15, 0.2) is 0 Å². The molecule has 0 saturated carbocycles. The molecule has 0 aromatic carbocycles. The number of rotatable bonds is 3. The molecule has 0 radical (unpaired) electrons. The Balaban J connectivity index is 2.52. The number of nitrogens with one attached hydrogen (secondary N) is 1. The molecular formula is C11H17F3N4. The van der Waals surface area contributed by atoms with Crippen LogP contribution in [0.4, 0.5) is 13.2 Å². The van der Waals surface area contributed by atoms with Crippen LogP contribution in [0, 0.1) is 0 Å². The molecule has 1 aliphatic rings. The first-order chi connectivity index (χ1) is 8.43. The number of amidine groups is 1. The molecule has 0 aromatic heterocycles. The van der Waals surface area contributed by atoms with Gasteiger partial charge in [-0.25, -0.2) is 4.99 Å². The van der Waals surface area contributed by atoms with E-state index in [2.05, 4.69) is 26.8 Å². The maximum atomic E-state index is 12.2. The number of piperazine rings is 1. The van der Waals surface area contributed by atoms with Gasteiger partial charge in [-0.1, -0.05) is 6.58 Å². The zero-order valence-corrected chi connectivity index (χ0v) is 10.3. The summed E-state index contributed by atoms with van der Waals surface area (Å²) < 4.78 is 36.6. The maximum absolute atomic E-state index is 12.2. The Hall–Kier alpha value is -1.21. The number of hydrogen-bond donors (Lipinski definition) is 1. The molecule has 4 nitrogen and oxygen atoms in total. The van der Waals surface area contributed by atoms with E-state index in [0.717, 1.165) is 32.4 Å². The monoisotopic (exact) mass is 262 g/mol. The van der Waals surface area contributed by atoms with E-state index in [-0.39, 0.29) is 0 Å². The molecule has 0 atom stereocenters. The lowest BCUT2D eigenvalue weighted by molar-refractivity contribution is -0.0852. The predicted octanol–water partition coefficient (Wildman–Crippen LogP) is 1.11. The molecule has 1 N–H and O–H groups in total. The van der Waals surface area contributed by atoms with Crippen molar-refractivity contribution in [1.82, 2.24) is 10.2 Å². The van der Waals surface area contributed by atoms with Crippen LogP contribution in [0.15, 0.2) is 22.1 Å². The fourth-order valence-corrected chi connectivity index (χ4v) is 1.46. The predicted molar refractivity (Wildman–Crippen MR) is 66.4 cm³/mol. The molecule has 7 heteroatoms. The van der Waals surface area contributed by atoms with E-state index in [9.17, 15) is 13.2 Å². The van der Waals surface area contributed by atoms with Gasteiger partial charge in [0.25, 0.3) is 0 Å². The molecule has 0 aromatic rings. The summed E-state index contributed by atoms with van der Waals surface area (Å²) in [4.78, 5) is 9.72. The van der Waals surface area contributed by atoms with Crippen LogP contribution in [-0.4, -0.2) is 62.9 Å². The zero-order valence-electron chi connectivity index (χ0n) is 10.3. The highest BCUT2D eigenvalue weighted by Gasteiger charge is 2.30. The topological polar surface area (TPSA) is 40.0 Å². The van der Waals surface area contributed by atoms with Crippen LogP contribution >= 0.6 is 0 Å². The Labute approximate surface area is 104 Å². The van der Waals surface area contributed by atoms with Gasteiger partial charge < -0.3 is 5.32 Å². The van der Waals surface area contributed by atoms with Gasteiger partial charge in [-0.3, -0.25) is 9.89 Å². The smallest absolute Gasteiger partial charge is 0.314 e. The van der Waals surface area contributed by atoms with Crippen molar-refractivity contribution in [2.24, 2.45) is 9.98 Å². The van der Waals surface area contributed by atoms with Crippen LogP contribution in [0.1, 0.15) is 0 Å². The van der Waals surface area contributed by atoms with E-state index in [1.54, 1.807) is 0 Å². The van der Waals surface area contributed by atoms with Gasteiger partial charge in [-0.15, -0.1) is 0 Å². The van der Waals surface area contributed by atoms with Crippen molar-refractivity contribution in [3.8, 4) is 0 Å². The van der Waals surface area contributed by atoms with Crippen LogP contribution in [0.25, 0.3) is 0 Å². The molecule has 18 heavy (non-hydrogen) atoms. The SMILES string of the molecule is C=C(C=NC(CN1CCNCC1)=NC)C(F)(F)F. The second kappa shape index (κ2) is 6.65. The first kappa shape index (κ1) is 14.8. The van der Waals surface area contributed by atoms with Crippen molar-refractivity contribution < 1.29 is 13.2 Å². The number of allylic oxidation sites excluding steroid dienone is 1. The summed E-state index contributed by atoms with van der Waals surface area (Å²) in [6, 6.07) is 0. The van der Waals surface area contributed by atoms with Gasteiger partial charge in [0, 0.05) is 39.4 Å². The van der Waals surface area contributed by atoms with Crippen LogP contribution in [-0.2, 0) is 0 Å². The zero-order chi connectivity index (χ0) is 13.6. The van der Waals surface area contributed by atoms with Crippen molar-refractivity contribution in [3.05, 3.63) is 12.2 Å². The molecule has 0 bridgehead atoms. The lowest BCUT2D eigenvalue weighted by atomic mass is 10.3. The number of nitrogens with zero attached hydrogens (tertiary/aromatic N) is 3. The average molecular weight is 262 g/mol. The van der Waals surface area contributed by atoms with Crippen molar-refractivity contribution in [2.75, 3.05) is 39.8 Å². The van der Waals surface area contributed by atoms with E-state index >= 15 is 0 Å². The summed E-state index contributed by atoms with van der Waals surface area (Å²) >= 11 is 0. The second-order valence-electron chi connectivity index (χ2n) is 3.95. The molecule has 1 heterocycles. The number of alkyl halides is 3. The first-order valence-electron chi connectivity index (χ1n) is 5.62. The minimum Gasteiger partial charge on any atom is -0.314 e. The highest BCUT2D eigenvalue weighted by molar-refractivity contribution is 5.95. The van der Waals surface area contributed by atoms with Gasteiger partial charge >= 0.3 is 6.18 Å². The molecule has 1 saturated heterocycles. The van der Waals surface area contributed by atoms with E-state index in [0.29, 0.717) is 12.4 Å². The highest BCUT2D eigenvalue weighted by atomic mass is 19.4. The van der Waals surface area contributed by atoms with Crippen molar-refractivity contribution in [3.63, 3.8) is 0 Å². The molecule has 1 aliphatic heterocycles. The van der Waals surface area contributed by atoms with Crippen LogP contribution in [0.5, 0.6) is 0 Å². The van der Waals surface area contributed by atoms with E-state index in [1.165, 1.54) is 7.05 Å². The summed E-state index contributed by atoms with van der Waals surface area (Å²) in [5.74, 6) is 0.377. The minimum absolute atomic E-state index is 0.377. The molecule has 102 valence electrons. The van der Waals surface area contributed by atoms with Crippen molar-refractivity contribution >= 4 is 12.1 Å². The number of halogens is 3. The average Bonchev–Trinajstić information content (AvgIpc) is 2.34. The largest absolute Gasteiger partial charge is 0.417 e. The Morgan fingerprint density at radius 1 is 1.39 bits per heavy atom. The molecule has 0 unspecified atom stereocenters. The Kier molecular flexibility index (Phi) is 5.49. The Morgan fingerprint density at radius 2 is 2.00 bits per heavy atom. The first-order valence-corrected chi connectivity index (χ1v) is 5.62. The molecule has 0 amide bonds. The van der Waals surface area contributed by atoms with Gasteiger partial charge in [0.1, 0.15) is 5.84 Å². The summed E-state index contributed by atoms with van der Waals surface area (Å²) in [7, 11) is 1.52. The molecule has 0 spiro atoms. The lowest BCUT2D eigenvalue weighted by Gasteiger charge is -2.26. The van der Waals surface area contributed by atoms with Gasteiger partial charge in [-0.2, -0.15) is 13.2 Å². The van der Waals surface area contributed by atoms with Crippen molar-refractivity contribution in [1.29, 1.82) is 0 Å². The van der Waals surface area contributed by atoms with Crippen LogP contribution in [0.3, 0.4) is 0 Å².